The minimum Gasteiger partial charge on any atom is -0.478 e. The smallest absolute Gasteiger partial charge is 0.335 e. The summed E-state index contributed by atoms with van der Waals surface area (Å²) in [7, 11) is 0. The summed E-state index contributed by atoms with van der Waals surface area (Å²) >= 11 is 1.13. The second-order valence-electron chi connectivity index (χ2n) is 3.48. The van der Waals surface area contributed by atoms with Crippen molar-refractivity contribution in [3.63, 3.8) is 0 Å². The number of nitrogens with one attached hydrogen (secondary N) is 1. The zero-order valence-corrected chi connectivity index (χ0v) is 10.4. The van der Waals surface area contributed by atoms with E-state index in [1.54, 1.807) is 19.1 Å². The fraction of sp³-hybridized carbons (Fsp3) is 0.182. The summed E-state index contributed by atoms with van der Waals surface area (Å²) in [5.74, 6) is -1.55. The van der Waals surface area contributed by atoms with Crippen molar-refractivity contribution in [2.24, 2.45) is 5.73 Å². The molecule has 0 aliphatic rings. The molecule has 0 aromatic heterocycles. The number of aromatic carboxylic acids is 1. The quantitative estimate of drug-likeness (QED) is 0.705. The number of imide groups is 1. The Morgan fingerprint density at radius 1 is 1.39 bits per heavy atom. The summed E-state index contributed by atoms with van der Waals surface area (Å²) in [4.78, 5) is 33.1. The van der Waals surface area contributed by atoms with Gasteiger partial charge >= 0.3 is 12.0 Å². The van der Waals surface area contributed by atoms with Gasteiger partial charge in [-0.25, -0.2) is 9.59 Å². The highest BCUT2D eigenvalue weighted by atomic mass is 32.2. The number of hydrogen-bond acceptors (Lipinski definition) is 4. The molecule has 0 bridgehead atoms. The molecule has 4 N–H and O–H groups in total. The van der Waals surface area contributed by atoms with Crippen LogP contribution in [0, 0.1) is 6.92 Å². The van der Waals surface area contributed by atoms with E-state index in [2.05, 4.69) is 0 Å². The summed E-state index contributed by atoms with van der Waals surface area (Å²) in [6, 6.07) is 3.96. The average molecular weight is 268 g/mol. The first-order valence-electron chi connectivity index (χ1n) is 4.96. The van der Waals surface area contributed by atoms with Crippen LogP contribution in [0.1, 0.15) is 15.9 Å². The Balaban J connectivity index is 2.69. The van der Waals surface area contributed by atoms with E-state index in [0.717, 1.165) is 11.8 Å². The Bertz CT molecular complexity index is 502. The van der Waals surface area contributed by atoms with Gasteiger partial charge < -0.3 is 10.8 Å². The molecule has 0 fully saturated rings. The third kappa shape index (κ3) is 4.10. The molecule has 1 rings (SSSR count). The van der Waals surface area contributed by atoms with E-state index in [9.17, 15) is 14.4 Å². The first kappa shape index (κ1) is 14.0. The second-order valence-corrected chi connectivity index (χ2v) is 4.53. The number of rotatable bonds is 4. The van der Waals surface area contributed by atoms with Crippen molar-refractivity contribution in [2.45, 2.75) is 11.8 Å². The van der Waals surface area contributed by atoms with Gasteiger partial charge in [0.1, 0.15) is 0 Å². The Kier molecular flexibility index (Phi) is 4.73. The fourth-order valence-corrected chi connectivity index (χ4v) is 1.98. The van der Waals surface area contributed by atoms with Gasteiger partial charge in [0, 0.05) is 4.90 Å². The van der Waals surface area contributed by atoms with Crippen molar-refractivity contribution in [2.75, 3.05) is 5.75 Å². The average Bonchev–Trinajstić information content (AvgIpc) is 2.26. The molecular weight excluding hydrogens is 256 g/mol. The van der Waals surface area contributed by atoms with Crippen LogP contribution in [-0.2, 0) is 4.79 Å². The molecule has 0 heterocycles. The number of carboxylic acid groups (broad SMARTS) is 1. The lowest BCUT2D eigenvalue weighted by Crippen LogP contribution is -2.36. The standard InChI is InChI=1S/C11H12N2O4S/c1-6-2-3-7(4-8(6)10(15)16)18-5-9(14)13-11(12)17/h2-4H,5H2,1H3,(H,15,16)(H3,12,13,14,17). The summed E-state index contributed by atoms with van der Waals surface area (Å²) in [5, 5.41) is 10.9. The molecule has 0 atom stereocenters. The monoisotopic (exact) mass is 268 g/mol. The van der Waals surface area contributed by atoms with Crippen molar-refractivity contribution in [3.8, 4) is 0 Å². The van der Waals surface area contributed by atoms with Gasteiger partial charge in [0.25, 0.3) is 0 Å². The molecule has 18 heavy (non-hydrogen) atoms. The van der Waals surface area contributed by atoms with Crippen LogP contribution in [-0.4, -0.2) is 28.8 Å². The summed E-state index contributed by atoms with van der Waals surface area (Å²) < 4.78 is 0. The van der Waals surface area contributed by atoms with Crippen LogP contribution in [0.3, 0.4) is 0 Å². The molecule has 0 saturated carbocycles. The molecule has 0 saturated heterocycles. The first-order valence-corrected chi connectivity index (χ1v) is 5.94. The van der Waals surface area contributed by atoms with Gasteiger partial charge in [-0.05, 0) is 24.6 Å². The SMILES string of the molecule is Cc1ccc(SCC(=O)NC(N)=O)cc1C(=O)O. The lowest BCUT2D eigenvalue weighted by atomic mass is 10.1. The highest BCUT2D eigenvalue weighted by Crippen LogP contribution is 2.21. The molecule has 6 nitrogen and oxygen atoms in total. The van der Waals surface area contributed by atoms with Crippen molar-refractivity contribution in [3.05, 3.63) is 29.3 Å². The highest BCUT2D eigenvalue weighted by Gasteiger charge is 2.10. The number of carboxylic acids is 1. The van der Waals surface area contributed by atoms with Gasteiger partial charge in [-0.15, -0.1) is 11.8 Å². The largest absolute Gasteiger partial charge is 0.478 e. The molecule has 0 spiro atoms. The maximum atomic E-state index is 11.2. The van der Waals surface area contributed by atoms with E-state index in [4.69, 9.17) is 10.8 Å². The Morgan fingerprint density at radius 2 is 2.06 bits per heavy atom. The maximum Gasteiger partial charge on any atom is 0.335 e. The summed E-state index contributed by atoms with van der Waals surface area (Å²) in [6.45, 7) is 1.69. The fourth-order valence-electron chi connectivity index (χ4n) is 1.24. The van der Waals surface area contributed by atoms with Crippen molar-refractivity contribution >= 4 is 29.7 Å². The number of aryl methyl sites for hydroxylation is 1. The van der Waals surface area contributed by atoms with E-state index >= 15 is 0 Å². The van der Waals surface area contributed by atoms with Crippen LogP contribution in [0.2, 0.25) is 0 Å². The van der Waals surface area contributed by atoms with Crippen molar-refractivity contribution in [1.29, 1.82) is 0 Å². The van der Waals surface area contributed by atoms with Crippen LogP contribution in [0.5, 0.6) is 0 Å². The van der Waals surface area contributed by atoms with E-state index in [-0.39, 0.29) is 11.3 Å². The minimum absolute atomic E-state index is 0.00887. The van der Waals surface area contributed by atoms with E-state index in [1.165, 1.54) is 6.07 Å². The van der Waals surface area contributed by atoms with Gasteiger partial charge in [0.2, 0.25) is 5.91 Å². The van der Waals surface area contributed by atoms with Crippen LogP contribution >= 0.6 is 11.8 Å². The molecule has 1 aromatic carbocycles. The Morgan fingerprint density at radius 3 is 2.61 bits per heavy atom. The second kappa shape index (κ2) is 6.06. The number of thioether (sulfide) groups is 1. The number of amides is 3. The third-order valence-electron chi connectivity index (χ3n) is 2.07. The van der Waals surface area contributed by atoms with Crippen LogP contribution in [0.4, 0.5) is 4.79 Å². The molecule has 96 valence electrons. The van der Waals surface area contributed by atoms with E-state index in [0.29, 0.717) is 10.5 Å². The maximum absolute atomic E-state index is 11.2. The Labute approximate surface area is 108 Å². The van der Waals surface area contributed by atoms with Crippen molar-refractivity contribution < 1.29 is 19.5 Å². The number of primary amides is 1. The number of hydrogen-bond donors (Lipinski definition) is 3. The summed E-state index contributed by atoms with van der Waals surface area (Å²) in [5.41, 5.74) is 5.62. The zero-order chi connectivity index (χ0) is 13.7. The van der Waals surface area contributed by atoms with Gasteiger partial charge in [-0.3, -0.25) is 10.1 Å². The number of benzene rings is 1. The molecule has 3 amide bonds. The molecule has 0 aliphatic heterocycles. The van der Waals surface area contributed by atoms with Crippen LogP contribution < -0.4 is 11.1 Å². The minimum atomic E-state index is -1.02. The third-order valence-corrected chi connectivity index (χ3v) is 3.07. The molecule has 1 aromatic rings. The number of carbonyl (C=O) groups is 3. The lowest BCUT2D eigenvalue weighted by molar-refractivity contribution is -0.117. The predicted octanol–water partition coefficient (Wildman–Crippen LogP) is 0.980. The zero-order valence-electron chi connectivity index (χ0n) is 9.60. The highest BCUT2D eigenvalue weighted by molar-refractivity contribution is 8.00. The molecule has 0 unspecified atom stereocenters. The van der Waals surface area contributed by atoms with Crippen molar-refractivity contribution in [1.82, 2.24) is 5.32 Å². The van der Waals surface area contributed by atoms with Crippen LogP contribution in [0.15, 0.2) is 23.1 Å². The predicted molar refractivity (Wildman–Crippen MR) is 66.6 cm³/mol. The van der Waals surface area contributed by atoms with Gasteiger partial charge in [-0.2, -0.15) is 0 Å². The van der Waals surface area contributed by atoms with E-state index in [1.807, 2.05) is 5.32 Å². The van der Waals surface area contributed by atoms with E-state index < -0.39 is 17.9 Å². The lowest BCUT2D eigenvalue weighted by Gasteiger charge is -2.05. The molecule has 0 radical (unpaired) electrons. The van der Waals surface area contributed by atoms with Gasteiger partial charge in [0.15, 0.2) is 0 Å². The molecule has 7 heteroatoms. The molecular formula is C11H12N2O4S. The molecule has 0 aliphatic carbocycles. The Hall–Kier alpha value is -2.02. The number of nitrogens with two attached hydrogens (primary N) is 1. The van der Waals surface area contributed by atoms with Gasteiger partial charge in [-0.1, -0.05) is 6.07 Å². The van der Waals surface area contributed by atoms with Crippen LogP contribution in [0.25, 0.3) is 0 Å². The number of urea groups is 1. The first-order chi connectivity index (χ1) is 8.40. The normalized spacial score (nSPS) is 9.83. The van der Waals surface area contributed by atoms with Gasteiger partial charge in [0.05, 0.1) is 11.3 Å². The number of carbonyl (C=O) groups excluding carboxylic acids is 2. The summed E-state index contributed by atoms with van der Waals surface area (Å²) in [6.07, 6.45) is 0. The topological polar surface area (TPSA) is 109 Å².